The molecular weight excluding hydrogens is 379 g/mol. The van der Waals surface area contributed by atoms with Crippen LogP contribution in [-0.4, -0.2) is 62.6 Å². The molecule has 0 aromatic rings. The van der Waals surface area contributed by atoms with Crippen LogP contribution < -0.4 is 0 Å². The molecule has 0 saturated heterocycles. The predicted octanol–water partition coefficient (Wildman–Crippen LogP) is 6.74. The molecule has 4 aliphatic rings. The molecule has 0 heterocycles. The zero-order chi connectivity index (χ0) is 20.1. The molecule has 4 aliphatic carbocycles. The summed E-state index contributed by atoms with van der Waals surface area (Å²) in [6, 6.07) is 0. The van der Waals surface area contributed by atoms with Gasteiger partial charge < -0.3 is 5.11 Å². The fourth-order valence-corrected chi connectivity index (χ4v) is 8.67. The zero-order valence-corrected chi connectivity index (χ0v) is 19.3. The van der Waals surface area contributed by atoms with Crippen molar-refractivity contribution in [3.63, 3.8) is 0 Å². The molecule has 0 aromatic heterocycles. The van der Waals surface area contributed by atoms with E-state index in [9.17, 15) is 5.11 Å². The molecule has 0 aromatic carbocycles. The Morgan fingerprint density at radius 3 is 2.48 bits per heavy atom. The Morgan fingerprint density at radius 2 is 1.76 bits per heavy atom. The fourth-order valence-electron chi connectivity index (χ4n) is 8.67. The number of aliphatic hydroxyl groups is 1. The average molecular weight is 427 g/mol. The van der Waals surface area contributed by atoms with E-state index in [-0.39, 0.29) is 57.5 Å². The number of aliphatic hydroxyl groups excluding tert-OH is 1. The first kappa shape index (κ1) is 25.0. The molecule has 3 saturated carbocycles. The van der Waals surface area contributed by atoms with Crippen LogP contribution in [0.25, 0.3) is 0 Å². The SMILES string of the molecule is CC(C)CCC[C@@H](C)[C@H]1CC[C@H]2[C@@H]3CC=C4C[C@@H](O)CC[C@]4(C)[C@H]3CC[C@]12C.[KH]. The van der Waals surface area contributed by atoms with Crippen LogP contribution in [0.15, 0.2) is 11.6 Å². The zero-order valence-electron chi connectivity index (χ0n) is 19.3. The average Bonchev–Trinajstić information content (AvgIpc) is 2.99. The van der Waals surface area contributed by atoms with E-state index in [4.69, 9.17) is 0 Å². The molecule has 0 unspecified atom stereocenters. The van der Waals surface area contributed by atoms with Crippen LogP contribution >= 0.6 is 0 Å². The summed E-state index contributed by atoms with van der Waals surface area (Å²) in [7, 11) is 0. The first-order chi connectivity index (χ1) is 13.3. The predicted molar refractivity (Wildman–Crippen MR) is 126 cm³/mol. The monoisotopic (exact) mass is 426 g/mol. The van der Waals surface area contributed by atoms with Crippen LogP contribution in [0, 0.1) is 46.3 Å². The van der Waals surface area contributed by atoms with Crippen LogP contribution in [0.3, 0.4) is 0 Å². The van der Waals surface area contributed by atoms with Gasteiger partial charge in [-0.25, -0.2) is 0 Å². The molecule has 1 N–H and O–H groups in total. The van der Waals surface area contributed by atoms with Crippen molar-refractivity contribution in [1.82, 2.24) is 0 Å². The van der Waals surface area contributed by atoms with Crippen LogP contribution in [-0.2, 0) is 0 Å². The Balaban J connectivity index is 0.00000240. The Bertz CT molecular complexity index is 597. The molecule has 29 heavy (non-hydrogen) atoms. The molecule has 162 valence electrons. The summed E-state index contributed by atoms with van der Waals surface area (Å²) < 4.78 is 0. The third-order valence-corrected chi connectivity index (χ3v) is 10.3. The van der Waals surface area contributed by atoms with Gasteiger partial charge in [-0.1, -0.05) is 65.5 Å². The summed E-state index contributed by atoms with van der Waals surface area (Å²) in [5.41, 5.74) is 2.60. The van der Waals surface area contributed by atoms with Crippen molar-refractivity contribution < 1.29 is 5.11 Å². The summed E-state index contributed by atoms with van der Waals surface area (Å²) in [4.78, 5) is 0. The van der Waals surface area contributed by atoms with Crippen molar-refractivity contribution >= 4 is 51.4 Å². The summed E-state index contributed by atoms with van der Waals surface area (Å²) in [6.45, 7) is 12.6. The molecule has 0 radical (unpaired) electrons. The minimum absolute atomic E-state index is 0. The van der Waals surface area contributed by atoms with E-state index < -0.39 is 0 Å². The first-order valence-electron chi connectivity index (χ1n) is 12.6. The van der Waals surface area contributed by atoms with E-state index in [1.807, 2.05) is 0 Å². The fraction of sp³-hybridized carbons (Fsp3) is 0.926. The quantitative estimate of drug-likeness (QED) is 0.381. The van der Waals surface area contributed by atoms with E-state index in [1.54, 1.807) is 5.57 Å². The standard InChI is InChI=1S/C27H46O.K.H/c1-18(2)7-6-8-19(3)23-11-12-24-22-10-9-20-17-21(28)13-15-26(20,4)25(22)14-16-27(23,24)5;;/h9,18-19,21-25,28H,6-8,10-17H2,1-5H3;;/t19-,21+,22+,23-,24+,25+,26+,27-;;/m1../s1. The van der Waals surface area contributed by atoms with Crippen molar-refractivity contribution in [2.45, 2.75) is 111 Å². The second kappa shape index (κ2) is 9.68. The van der Waals surface area contributed by atoms with Crippen LogP contribution in [0.1, 0.15) is 105 Å². The number of fused-ring (bicyclic) bond motifs is 5. The maximum atomic E-state index is 10.2. The van der Waals surface area contributed by atoms with Gasteiger partial charge in [-0.3, -0.25) is 0 Å². The van der Waals surface area contributed by atoms with E-state index in [2.05, 4.69) is 40.7 Å². The molecule has 2 heteroatoms. The second-order valence-corrected chi connectivity index (χ2v) is 12.2. The number of hydrogen-bond acceptors (Lipinski definition) is 1. The van der Waals surface area contributed by atoms with Gasteiger partial charge in [0.15, 0.2) is 0 Å². The van der Waals surface area contributed by atoms with Gasteiger partial charge >= 0.3 is 51.4 Å². The summed E-state index contributed by atoms with van der Waals surface area (Å²) in [6.07, 6.45) is 17.2. The van der Waals surface area contributed by atoms with Gasteiger partial charge in [0, 0.05) is 0 Å². The van der Waals surface area contributed by atoms with Gasteiger partial charge in [0.25, 0.3) is 0 Å². The number of allylic oxidation sites excluding steroid dienone is 1. The number of rotatable bonds is 5. The Morgan fingerprint density at radius 1 is 1.00 bits per heavy atom. The van der Waals surface area contributed by atoms with E-state index >= 15 is 0 Å². The van der Waals surface area contributed by atoms with E-state index in [0.717, 1.165) is 48.3 Å². The van der Waals surface area contributed by atoms with Crippen molar-refractivity contribution in [3.05, 3.63) is 11.6 Å². The topological polar surface area (TPSA) is 20.2 Å². The molecule has 0 amide bonds. The van der Waals surface area contributed by atoms with E-state index in [1.165, 1.54) is 57.8 Å². The minimum atomic E-state index is -0.0766. The van der Waals surface area contributed by atoms with Gasteiger partial charge in [0.05, 0.1) is 6.10 Å². The molecule has 0 bridgehead atoms. The number of hydrogen-bond donors (Lipinski definition) is 1. The molecule has 4 rings (SSSR count). The third-order valence-electron chi connectivity index (χ3n) is 10.3. The van der Waals surface area contributed by atoms with Crippen LogP contribution in [0.4, 0.5) is 0 Å². The maximum absolute atomic E-state index is 10.2. The molecule has 1 nitrogen and oxygen atoms in total. The van der Waals surface area contributed by atoms with Crippen molar-refractivity contribution in [2.75, 3.05) is 0 Å². The van der Waals surface area contributed by atoms with Gasteiger partial charge in [0.2, 0.25) is 0 Å². The van der Waals surface area contributed by atoms with Crippen LogP contribution in [0.2, 0.25) is 0 Å². The van der Waals surface area contributed by atoms with Gasteiger partial charge in [-0.2, -0.15) is 0 Å². The van der Waals surface area contributed by atoms with Crippen LogP contribution in [0.5, 0.6) is 0 Å². The summed E-state index contributed by atoms with van der Waals surface area (Å²) in [5.74, 6) is 5.46. The molecule has 8 atom stereocenters. The summed E-state index contributed by atoms with van der Waals surface area (Å²) in [5, 5.41) is 10.2. The molecule has 0 aliphatic heterocycles. The first-order valence-corrected chi connectivity index (χ1v) is 12.6. The molecule has 0 spiro atoms. The Hall–Kier alpha value is 1.34. The van der Waals surface area contributed by atoms with Gasteiger partial charge in [-0.05, 0) is 97.7 Å². The van der Waals surface area contributed by atoms with E-state index in [0.29, 0.717) is 10.8 Å². The Labute approximate surface area is 223 Å². The second-order valence-electron chi connectivity index (χ2n) is 12.2. The van der Waals surface area contributed by atoms with Gasteiger partial charge in [-0.15, -0.1) is 0 Å². The van der Waals surface area contributed by atoms with Crippen molar-refractivity contribution in [1.29, 1.82) is 0 Å². The van der Waals surface area contributed by atoms with Crippen molar-refractivity contribution in [3.8, 4) is 0 Å². The third kappa shape index (κ3) is 4.56. The Kier molecular flexibility index (Phi) is 8.33. The molecule has 3 fully saturated rings. The van der Waals surface area contributed by atoms with Crippen molar-refractivity contribution in [2.24, 2.45) is 46.3 Å². The normalized spacial score (nSPS) is 44.9. The molecular formula is C27H47KO. The summed E-state index contributed by atoms with van der Waals surface area (Å²) >= 11 is 0. The van der Waals surface area contributed by atoms with Gasteiger partial charge in [0.1, 0.15) is 0 Å².